The Morgan fingerprint density at radius 1 is 1.21 bits per heavy atom. The van der Waals surface area contributed by atoms with Crippen LogP contribution in [0, 0.1) is 6.57 Å². The number of aliphatic hydroxyl groups is 1. The number of carbonyl (C=O) groups excluding carboxylic acids is 1. The Labute approximate surface area is 194 Å². The van der Waals surface area contributed by atoms with Crippen molar-refractivity contribution < 1.29 is 15.0 Å². The molecule has 3 N–H and O–H groups in total. The third kappa shape index (κ3) is 5.79. The van der Waals surface area contributed by atoms with Gasteiger partial charge in [0.05, 0.1) is 12.3 Å². The number of carbonyl (C=O) groups is 1. The summed E-state index contributed by atoms with van der Waals surface area (Å²) in [6, 6.07) is 12.0. The molecule has 0 fully saturated rings. The molecule has 0 saturated heterocycles. The van der Waals surface area contributed by atoms with Gasteiger partial charge in [-0.3, -0.25) is 4.79 Å². The van der Waals surface area contributed by atoms with Crippen LogP contribution in [0.1, 0.15) is 48.9 Å². The van der Waals surface area contributed by atoms with E-state index in [0.717, 1.165) is 22.6 Å². The SMILES string of the molecule is [C-]#[N+]c1cc(C(=O)N[C@H](CCO)Cc2ccc(-c3cn(C)c(C(C)(C)C)n3)cc2)ccc1O. The van der Waals surface area contributed by atoms with E-state index in [1.54, 1.807) is 0 Å². The Bertz CT molecular complexity index is 1170. The molecule has 3 rings (SSSR count). The van der Waals surface area contributed by atoms with Crippen LogP contribution in [-0.4, -0.2) is 38.3 Å². The van der Waals surface area contributed by atoms with E-state index >= 15 is 0 Å². The minimum atomic E-state index is -0.349. The number of phenols is 1. The molecule has 0 unspecified atom stereocenters. The normalized spacial score (nSPS) is 12.2. The van der Waals surface area contributed by atoms with E-state index in [2.05, 4.69) is 35.5 Å². The van der Waals surface area contributed by atoms with Gasteiger partial charge in [0.2, 0.25) is 11.6 Å². The molecule has 1 atom stereocenters. The molecular formula is C26H30N4O3. The van der Waals surface area contributed by atoms with Gasteiger partial charge in [-0.1, -0.05) is 45.0 Å². The van der Waals surface area contributed by atoms with Crippen LogP contribution in [0.4, 0.5) is 5.69 Å². The van der Waals surface area contributed by atoms with Gasteiger partial charge in [0, 0.05) is 42.4 Å². The number of imidazole rings is 1. The number of aromatic nitrogens is 2. The third-order valence-electron chi connectivity index (χ3n) is 5.45. The summed E-state index contributed by atoms with van der Waals surface area (Å²) in [6.07, 6.45) is 2.98. The van der Waals surface area contributed by atoms with Crippen molar-refractivity contribution in [3.05, 3.63) is 77.0 Å². The van der Waals surface area contributed by atoms with Gasteiger partial charge in [0.25, 0.3) is 0 Å². The van der Waals surface area contributed by atoms with E-state index in [9.17, 15) is 15.0 Å². The van der Waals surface area contributed by atoms with Crippen LogP contribution in [0.25, 0.3) is 16.1 Å². The summed E-state index contributed by atoms with van der Waals surface area (Å²) in [5.41, 5.74) is 3.23. The average molecular weight is 447 g/mol. The topological polar surface area (TPSA) is 91.7 Å². The number of benzene rings is 2. The molecule has 0 aliphatic heterocycles. The Morgan fingerprint density at radius 2 is 1.91 bits per heavy atom. The quantitative estimate of drug-likeness (QED) is 0.470. The van der Waals surface area contributed by atoms with Crippen molar-refractivity contribution in [3.8, 4) is 17.0 Å². The van der Waals surface area contributed by atoms with E-state index in [4.69, 9.17) is 11.6 Å². The van der Waals surface area contributed by atoms with E-state index < -0.39 is 0 Å². The summed E-state index contributed by atoms with van der Waals surface area (Å²) in [4.78, 5) is 20.7. The van der Waals surface area contributed by atoms with Crippen molar-refractivity contribution in [2.75, 3.05) is 6.61 Å². The third-order valence-corrected chi connectivity index (χ3v) is 5.45. The number of hydrogen-bond acceptors (Lipinski definition) is 4. The van der Waals surface area contributed by atoms with Crippen LogP contribution in [0.3, 0.4) is 0 Å². The number of phenolic OH excluding ortho intramolecular Hbond substituents is 1. The van der Waals surface area contributed by atoms with Crippen molar-refractivity contribution in [2.24, 2.45) is 7.05 Å². The number of aryl methyl sites for hydroxylation is 1. The van der Waals surface area contributed by atoms with Gasteiger partial charge in [-0.05, 0) is 36.6 Å². The van der Waals surface area contributed by atoms with Gasteiger partial charge in [0.15, 0.2) is 0 Å². The first-order valence-electron chi connectivity index (χ1n) is 10.9. The zero-order valence-electron chi connectivity index (χ0n) is 19.5. The van der Waals surface area contributed by atoms with Gasteiger partial charge in [-0.2, -0.15) is 0 Å². The highest BCUT2D eigenvalue weighted by Gasteiger charge is 2.21. The Morgan fingerprint density at radius 3 is 2.48 bits per heavy atom. The van der Waals surface area contributed by atoms with Crippen molar-refractivity contribution in [1.29, 1.82) is 0 Å². The lowest BCUT2D eigenvalue weighted by molar-refractivity contribution is 0.0930. The molecule has 172 valence electrons. The number of rotatable bonds is 7. The van der Waals surface area contributed by atoms with Crippen molar-refractivity contribution in [1.82, 2.24) is 14.9 Å². The lowest BCUT2D eigenvalue weighted by Crippen LogP contribution is -2.37. The molecule has 0 aliphatic carbocycles. The number of hydrogen-bond donors (Lipinski definition) is 3. The minimum absolute atomic E-state index is 0.0288. The second-order valence-electron chi connectivity index (χ2n) is 9.21. The molecule has 0 bridgehead atoms. The van der Waals surface area contributed by atoms with Crippen LogP contribution in [-0.2, 0) is 18.9 Å². The van der Waals surface area contributed by atoms with Crippen LogP contribution < -0.4 is 5.32 Å². The molecule has 1 amide bonds. The predicted molar refractivity (Wildman–Crippen MR) is 128 cm³/mol. The first kappa shape index (κ1) is 24.0. The summed E-state index contributed by atoms with van der Waals surface area (Å²) in [5.74, 6) is 0.511. The molecule has 2 aromatic carbocycles. The fourth-order valence-corrected chi connectivity index (χ4v) is 3.80. The van der Waals surface area contributed by atoms with Gasteiger partial charge < -0.3 is 20.1 Å². The van der Waals surface area contributed by atoms with Crippen LogP contribution in [0.2, 0.25) is 0 Å². The van der Waals surface area contributed by atoms with Crippen molar-refractivity contribution >= 4 is 11.6 Å². The van der Waals surface area contributed by atoms with E-state index in [1.807, 2.05) is 37.5 Å². The summed E-state index contributed by atoms with van der Waals surface area (Å²) < 4.78 is 2.05. The monoisotopic (exact) mass is 446 g/mol. The highest BCUT2D eigenvalue weighted by atomic mass is 16.3. The van der Waals surface area contributed by atoms with Gasteiger partial charge in [0.1, 0.15) is 11.6 Å². The Hall–Kier alpha value is -3.63. The van der Waals surface area contributed by atoms with Gasteiger partial charge >= 0.3 is 0 Å². The molecule has 0 aliphatic rings. The number of aliphatic hydroxyl groups excluding tert-OH is 1. The summed E-state index contributed by atoms with van der Waals surface area (Å²) in [6.45, 7) is 13.4. The fraction of sp³-hybridized carbons (Fsp3) is 0.346. The molecule has 1 heterocycles. The second kappa shape index (κ2) is 9.88. The first-order valence-corrected chi connectivity index (χ1v) is 10.9. The van der Waals surface area contributed by atoms with Gasteiger partial charge in [-0.15, -0.1) is 0 Å². The first-order chi connectivity index (χ1) is 15.6. The fourth-order valence-electron chi connectivity index (χ4n) is 3.80. The summed E-state index contributed by atoms with van der Waals surface area (Å²) in [5, 5.41) is 22.1. The predicted octanol–water partition coefficient (Wildman–Crippen LogP) is 4.36. The Kier molecular flexibility index (Phi) is 7.19. The molecule has 0 spiro atoms. The van der Waals surface area contributed by atoms with Crippen LogP contribution >= 0.6 is 0 Å². The average Bonchev–Trinajstić information content (AvgIpc) is 3.17. The van der Waals surface area contributed by atoms with E-state index in [0.29, 0.717) is 18.4 Å². The highest BCUT2D eigenvalue weighted by molar-refractivity contribution is 5.95. The van der Waals surface area contributed by atoms with Gasteiger partial charge in [-0.25, -0.2) is 9.83 Å². The minimum Gasteiger partial charge on any atom is -0.519 e. The maximum Gasteiger partial charge on any atom is 0.250 e. The van der Waals surface area contributed by atoms with Crippen molar-refractivity contribution in [2.45, 2.75) is 45.1 Å². The lowest BCUT2D eigenvalue weighted by Gasteiger charge is -2.18. The maximum atomic E-state index is 12.7. The molecule has 7 nitrogen and oxygen atoms in total. The molecule has 33 heavy (non-hydrogen) atoms. The zero-order valence-corrected chi connectivity index (χ0v) is 19.5. The zero-order chi connectivity index (χ0) is 24.2. The standard InChI is InChI=1S/C26H30N4O3/c1-26(2,3)25-29-22(16-30(25)5)18-8-6-17(7-9-18)14-20(12-13-31)28-24(33)19-10-11-23(32)21(15-19)27-4/h6-11,15-16,20,31-32H,12-14H2,1-3,5H3,(H,28,33)/t20-/m1/s1. The second-order valence-corrected chi connectivity index (χ2v) is 9.21. The van der Waals surface area contributed by atoms with E-state index in [-0.39, 0.29) is 35.4 Å². The molecule has 3 aromatic rings. The Balaban J connectivity index is 1.72. The smallest absolute Gasteiger partial charge is 0.250 e. The van der Waals surface area contributed by atoms with Crippen LogP contribution in [0.15, 0.2) is 48.7 Å². The number of nitrogens with one attached hydrogen (secondary N) is 1. The largest absolute Gasteiger partial charge is 0.519 e. The van der Waals surface area contributed by atoms with Crippen LogP contribution in [0.5, 0.6) is 5.75 Å². The molecule has 0 radical (unpaired) electrons. The maximum absolute atomic E-state index is 12.7. The summed E-state index contributed by atoms with van der Waals surface area (Å²) >= 11 is 0. The van der Waals surface area contributed by atoms with Crippen molar-refractivity contribution in [3.63, 3.8) is 0 Å². The lowest BCUT2D eigenvalue weighted by atomic mass is 9.96. The highest BCUT2D eigenvalue weighted by Crippen LogP contribution is 2.28. The molecule has 1 aromatic heterocycles. The number of amides is 1. The summed E-state index contributed by atoms with van der Waals surface area (Å²) in [7, 11) is 2.00. The molecule has 0 saturated carbocycles. The molecule has 7 heteroatoms. The number of aromatic hydroxyl groups is 1. The molecular weight excluding hydrogens is 416 g/mol. The van der Waals surface area contributed by atoms with E-state index in [1.165, 1.54) is 18.2 Å². The number of nitrogens with zero attached hydrogens (tertiary/aromatic N) is 3.